The van der Waals surface area contributed by atoms with Crippen LogP contribution in [0, 0.1) is 5.82 Å². The van der Waals surface area contributed by atoms with E-state index >= 15 is 0 Å². The first-order valence-corrected chi connectivity index (χ1v) is 6.51. The van der Waals surface area contributed by atoms with Crippen LogP contribution < -0.4 is 0 Å². The first kappa shape index (κ1) is 12.7. The van der Waals surface area contributed by atoms with Crippen LogP contribution >= 0.6 is 15.9 Å². The zero-order chi connectivity index (χ0) is 12.3. The molecule has 0 radical (unpaired) electrons. The van der Waals surface area contributed by atoms with Crippen LogP contribution in [-0.4, -0.2) is 11.9 Å². The molecule has 2 rings (SSSR count). The Hall–Kier alpha value is -0.740. The molecular weight excluding hydrogens is 287 g/mol. The summed E-state index contributed by atoms with van der Waals surface area (Å²) < 4.78 is 19.3. The van der Waals surface area contributed by atoms with Gasteiger partial charge in [-0.2, -0.15) is 0 Å². The summed E-state index contributed by atoms with van der Waals surface area (Å²) in [6.45, 7) is 0.458. The molecule has 1 aromatic rings. The Bertz CT molecular complexity index is 410. The molecule has 2 nitrogen and oxygen atoms in total. The molecule has 0 unspecified atom stereocenters. The second-order valence-corrected chi connectivity index (χ2v) is 5.14. The van der Waals surface area contributed by atoms with Crippen molar-refractivity contribution in [2.75, 3.05) is 0 Å². The minimum atomic E-state index is -0.260. The van der Waals surface area contributed by atoms with E-state index in [1.54, 1.807) is 6.07 Å². The number of hydrogen-bond donors (Lipinski definition) is 0. The third-order valence-corrected chi connectivity index (χ3v) is 3.72. The van der Waals surface area contributed by atoms with Crippen molar-refractivity contribution in [3.63, 3.8) is 0 Å². The molecule has 1 saturated carbocycles. The maximum atomic E-state index is 12.9. The summed E-state index contributed by atoms with van der Waals surface area (Å²) in [7, 11) is 0. The van der Waals surface area contributed by atoms with Crippen LogP contribution in [0.4, 0.5) is 4.39 Å². The van der Waals surface area contributed by atoms with Crippen LogP contribution in [-0.2, 0) is 16.1 Å². The molecule has 1 fully saturated rings. The summed E-state index contributed by atoms with van der Waals surface area (Å²) in [4.78, 5) is 11.1. The van der Waals surface area contributed by atoms with Crippen LogP contribution in [0.2, 0.25) is 0 Å². The first-order chi connectivity index (χ1) is 8.15. The van der Waals surface area contributed by atoms with Crippen LogP contribution in [0.25, 0.3) is 0 Å². The molecule has 0 saturated heterocycles. The number of ether oxygens (including phenoxy) is 1. The zero-order valence-corrected chi connectivity index (χ0v) is 11.0. The number of carbonyl (C=O) groups is 1. The number of Topliss-reactive ketones (excluding diaryl/α,β-unsaturated/α-hetero) is 1. The van der Waals surface area contributed by atoms with Gasteiger partial charge in [0.2, 0.25) is 0 Å². The van der Waals surface area contributed by atoms with Gasteiger partial charge in [-0.25, -0.2) is 4.39 Å². The maximum absolute atomic E-state index is 12.9. The summed E-state index contributed by atoms with van der Waals surface area (Å²) in [5, 5.41) is 0. The van der Waals surface area contributed by atoms with Gasteiger partial charge >= 0.3 is 0 Å². The lowest BCUT2D eigenvalue weighted by Gasteiger charge is -2.21. The zero-order valence-electron chi connectivity index (χ0n) is 9.42. The van der Waals surface area contributed by atoms with Crippen molar-refractivity contribution in [2.24, 2.45) is 0 Å². The van der Waals surface area contributed by atoms with Crippen molar-refractivity contribution in [1.82, 2.24) is 0 Å². The van der Waals surface area contributed by atoms with Gasteiger partial charge in [0.05, 0.1) is 12.7 Å². The number of benzene rings is 1. The molecule has 4 heteroatoms. The van der Waals surface area contributed by atoms with E-state index in [1.807, 2.05) is 0 Å². The van der Waals surface area contributed by atoms with Crippen molar-refractivity contribution in [3.8, 4) is 0 Å². The molecule has 1 aromatic carbocycles. The van der Waals surface area contributed by atoms with Gasteiger partial charge in [-0.15, -0.1) is 0 Å². The SMILES string of the molecule is O=C1CCC(OCc2ccc(F)cc2Br)CC1. The van der Waals surface area contributed by atoms with Gasteiger partial charge in [-0.3, -0.25) is 4.79 Å². The molecule has 0 heterocycles. The van der Waals surface area contributed by atoms with Gasteiger partial charge < -0.3 is 4.74 Å². The molecule has 0 amide bonds. The van der Waals surface area contributed by atoms with Crippen LogP contribution in [0.1, 0.15) is 31.2 Å². The standard InChI is InChI=1S/C13H14BrFO2/c14-13-7-10(15)2-1-9(13)8-17-12-5-3-11(16)4-6-12/h1-2,7,12H,3-6,8H2. The van der Waals surface area contributed by atoms with E-state index in [1.165, 1.54) is 12.1 Å². The van der Waals surface area contributed by atoms with Crippen molar-refractivity contribution in [3.05, 3.63) is 34.1 Å². The molecule has 0 atom stereocenters. The second kappa shape index (κ2) is 5.74. The highest BCUT2D eigenvalue weighted by Crippen LogP contribution is 2.23. The molecule has 0 aliphatic heterocycles. The van der Waals surface area contributed by atoms with Gasteiger partial charge in [0.1, 0.15) is 11.6 Å². The maximum Gasteiger partial charge on any atom is 0.133 e. The Balaban J connectivity index is 1.87. The minimum absolute atomic E-state index is 0.157. The molecular formula is C13H14BrFO2. The smallest absolute Gasteiger partial charge is 0.133 e. The Morgan fingerprint density at radius 2 is 2.06 bits per heavy atom. The second-order valence-electron chi connectivity index (χ2n) is 4.28. The number of ketones is 1. The lowest BCUT2D eigenvalue weighted by Crippen LogP contribution is -2.21. The van der Waals surface area contributed by atoms with Crippen molar-refractivity contribution < 1.29 is 13.9 Å². The van der Waals surface area contributed by atoms with Crippen LogP contribution in [0.15, 0.2) is 22.7 Å². The van der Waals surface area contributed by atoms with Crippen LogP contribution in [0.5, 0.6) is 0 Å². The van der Waals surface area contributed by atoms with E-state index in [2.05, 4.69) is 15.9 Å². The molecule has 0 bridgehead atoms. The molecule has 0 N–H and O–H groups in total. The summed E-state index contributed by atoms with van der Waals surface area (Å²) in [6, 6.07) is 4.57. The van der Waals surface area contributed by atoms with Gasteiger partial charge in [0, 0.05) is 17.3 Å². The highest BCUT2D eigenvalue weighted by Gasteiger charge is 2.19. The molecule has 92 valence electrons. The van der Waals surface area contributed by atoms with E-state index in [0.29, 0.717) is 25.2 Å². The number of carbonyl (C=O) groups excluding carboxylic acids is 1. The average Bonchev–Trinajstić information content (AvgIpc) is 2.30. The van der Waals surface area contributed by atoms with E-state index in [0.717, 1.165) is 22.9 Å². The third-order valence-electron chi connectivity index (χ3n) is 2.98. The predicted octanol–water partition coefficient (Wildman–Crippen LogP) is 3.62. The first-order valence-electron chi connectivity index (χ1n) is 5.72. The quantitative estimate of drug-likeness (QED) is 0.852. The molecule has 17 heavy (non-hydrogen) atoms. The summed E-state index contributed by atoms with van der Waals surface area (Å²) >= 11 is 3.31. The highest BCUT2D eigenvalue weighted by molar-refractivity contribution is 9.10. The lowest BCUT2D eigenvalue weighted by molar-refractivity contribution is -0.123. The largest absolute Gasteiger partial charge is 0.373 e. The van der Waals surface area contributed by atoms with Crippen molar-refractivity contribution >= 4 is 21.7 Å². The topological polar surface area (TPSA) is 26.3 Å². The molecule has 1 aliphatic rings. The normalized spacial score (nSPS) is 17.4. The Labute approximate surface area is 108 Å². The van der Waals surface area contributed by atoms with Gasteiger partial charge in [-0.1, -0.05) is 22.0 Å². The monoisotopic (exact) mass is 300 g/mol. The van der Waals surface area contributed by atoms with Crippen LogP contribution in [0.3, 0.4) is 0 Å². The summed E-state index contributed by atoms with van der Waals surface area (Å²) in [5.41, 5.74) is 0.934. The van der Waals surface area contributed by atoms with E-state index in [-0.39, 0.29) is 11.9 Å². The number of rotatable bonds is 3. The molecule has 0 aromatic heterocycles. The minimum Gasteiger partial charge on any atom is -0.373 e. The lowest BCUT2D eigenvalue weighted by atomic mass is 9.96. The van der Waals surface area contributed by atoms with Crippen molar-refractivity contribution in [1.29, 1.82) is 0 Å². The highest BCUT2D eigenvalue weighted by atomic mass is 79.9. The fourth-order valence-electron chi connectivity index (χ4n) is 1.93. The Morgan fingerprint density at radius 3 is 2.71 bits per heavy atom. The number of halogens is 2. The Kier molecular flexibility index (Phi) is 4.29. The average molecular weight is 301 g/mol. The molecule has 1 aliphatic carbocycles. The van der Waals surface area contributed by atoms with Gasteiger partial charge in [0.15, 0.2) is 0 Å². The summed E-state index contributed by atoms with van der Waals surface area (Å²) in [5.74, 6) is 0.0664. The fourth-order valence-corrected chi connectivity index (χ4v) is 2.39. The van der Waals surface area contributed by atoms with E-state index in [4.69, 9.17) is 4.74 Å². The van der Waals surface area contributed by atoms with E-state index in [9.17, 15) is 9.18 Å². The van der Waals surface area contributed by atoms with Gasteiger partial charge in [-0.05, 0) is 30.5 Å². The Morgan fingerprint density at radius 1 is 1.35 bits per heavy atom. The molecule has 0 spiro atoms. The third kappa shape index (κ3) is 3.61. The number of hydrogen-bond acceptors (Lipinski definition) is 2. The van der Waals surface area contributed by atoms with Crippen molar-refractivity contribution in [2.45, 2.75) is 38.4 Å². The summed E-state index contributed by atoms with van der Waals surface area (Å²) in [6.07, 6.45) is 3.00. The van der Waals surface area contributed by atoms with Gasteiger partial charge in [0.25, 0.3) is 0 Å². The fraction of sp³-hybridized carbons (Fsp3) is 0.462. The van der Waals surface area contributed by atoms with E-state index < -0.39 is 0 Å². The predicted molar refractivity (Wildman–Crippen MR) is 66.2 cm³/mol.